The second-order valence-electron chi connectivity index (χ2n) is 3.69. The summed E-state index contributed by atoms with van der Waals surface area (Å²) in [6.07, 6.45) is 0.830. The van der Waals surface area contributed by atoms with Gasteiger partial charge in [0.05, 0.1) is 7.11 Å². The predicted molar refractivity (Wildman–Crippen MR) is 53.0 cm³/mol. The molecule has 0 saturated carbocycles. The SMILES string of the molecule is COc1ccc(F)c2c1CC(C)NC2. The minimum atomic E-state index is -0.139. The number of benzene rings is 1. The summed E-state index contributed by atoms with van der Waals surface area (Å²) >= 11 is 0. The van der Waals surface area contributed by atoms with Crippen LogP contribution in [-0.4, -0.2) is 13.2 Å². The Hall–Kier alpha value is -1.09. The van der Waals surface area contributed by atoms with Crippen LogP contribution in [0, 0.1) is 5.82 Å². The van der Waals surface area contributed by atoms with E-state index in [0.29, 0.717) is 12.6 Å². The molecule has 0 aromatic heterocycles. The predicted octanol–water partition coefficient (Wildman–Crippen LogP) is 1.87. The molecule has 3 heteroatoms. The lowest BCUT2D eigenvalue weighted by Gasteiger charge is -2.25. The highest BCUT2D eigenvalue weighted by Crippen LogP contribution is 2.28. The maximum atomic E-state index is 13.4. The van der Waals surface area contributed by atoms with Crippen LogP contribution < -0.4 is 10.1 Å². The molecule has 0 radical (unpaired) electrons. The third-order valence-corrected chi connectivity index (χ3v) is 2.69. The largest absolute Gasteiger partial charge is 0.496 e. The Morgan fingerprint density at radius 3 is 2.93 bits per heavy atom. The van der Waals surface area contributed by atoms with E-state index in [0.717, 1.165) is 23.3 Å². The van der Waals surface area contributed by atoms with E-state index in [1.807, 2.05) is 0 Å². The summed E-state index contributed by atoms with van der Waals surface area (Å²) in [6, 6.07) is 3.56. The summed E-state index contributed by atoms with van der Waals surface area (Å²) < 4.78 is 18.6. The smallest absolute Gasteiger partial charge is 0.128 e. The molecule has 0 spiro atoms. The number of fused-ring (bicyclic) bond motifs is 1. The highest BCUT2D eigenvalue weighted by molar-refractivity contribution is 5.43. The molecule has 0 amide bonds. The van der Waals surface area contributed by atoms with Crippen molar-refractivity contribution in [1.29, 1.82) is 0 Å². The van der Waals surface area contributed by atoms with E-state index in [2.05, 4.69) is 12.2 Å². The van der Waals surface area contributed by atoms with Crippen molar-refractivity contribution in [3.63, 3.8) is 0 Å². The molecular weight excluding hydrogens is 181 g/mol. The van der Waals surface area contributed by atoms with Gasteiger partial charge in [0.15, 0.2) is 0 Å². The number of hydrogen-bond acceptors (Lipinski definition) is 2. The number of hydrogen-bond donors (Lipinski definition) is 1. The van der Waals surface area contributed by atoms with E-state index in [1.54, 1.807) is 13.2 Å². The molecule has 0 saturated heterocycles. The van der Waals surface area contributed by atoms with E-state index in [9.17, 15) is 4.39 Å². The topological polar surface area (TPSA) is 21.3 Å². The van der Waals surface area contributed by atoms with Crippen molar-refractivity contribution in [2.24, 2.45) is 0 Å². The average molecular weight is 195 g/mol. The van der Waals surface area contributed by atoms with E-state index in [4.69, 9.17) is 4.74 Å². The van der Waals surface area contributed by atoms with Gasteiger partial charge in [0, 0.05) is 23.7 Å². The molecule has 2 nitrogen and oxygen atoms in total. The third-order valence-electron chi connectivity index (χ3n) is 2.69. The minimum absolute atomic E-state index is 0.139. The molecule has 1 aromatic rings. The van der Waals surface area contributed by atoms with Crippen molar-refractivity contribution in [1.82, 2.24) is 5.32 Å². The summed E-state index contributed by atoms with van der Waals surface area (Å²) in [5.74, 6) is 0.662. The van der Waals surface area contributed by atoms with Gasteiger partial charge >= 0.3 is 0 Å². The summed E-state index contributed by atoms with van der Waals surface area (Å²) in [5, 5.41) is 3.23. The normalized spacial score (nSPS) is 20.4. The minimum Gasteiger partial charge on any atom is -0.496 e. The average Bonchev–Trinajstić information content (AvgIpc) is 2.18. The van der Waals surface area contributed by atoms with Gasteiger partial charge in [-0.25, -0.2) is 4.39 Å². The van der Waals surface area contributed by atoms with Crippen LogP contribution in [0.4, 0.5) is 4.39 Å². The lowest BCUT2D eigenvalue weighted by atomic mass is 9.95. The first-order chi connectivity index (χ1) is 6.72. The Morgan fingerprint density at radius 1 is 1.43 bits per heavy atom. The summed E-state index contributed by atoms with van der Waals surface area (Å²) in [6.45, 7) is 2.69. The molecule has 1 aromatic carbocycles. The fraction of sp³-hybridized carbons (Fsp3) is 0.455. The second-order valence-corrected chi connectivity index (χ2v) is 3.69. The molecule has 0 bridgehead atoms. The number of nitrogens with one attached hydrogen (secondary N) is 1. The Morgan fingerprint density at radius 2 is 2.21 bits per heavy atom. The van der Waals surface area contributed by atoms with Crippen LogP contribution in [0.2, 0.25) is 0 Å². The maximum Gasteiger partial charge on any atom is 0.128 e. The molecule has 76 valence electrons. The summed E-state index contributed by atoms with van der Waals surface area (Å²) in [7, 11) is 1.63. The number of methoxy groups -OCH3 is 1. The van der Waals surface area contributed by atoms with Crippen molar-refractivity contribution in [3.8, 4) is 5.75 Å². The summed E-state index contributed by atoms with van der Waals surface area (Å²) in [4.78, 5) is 0. The number of rotatable bonds is 1. The lowest BCUT2D eigenvalue weighted by molar-refractivity contribution is 0.395. The van der Waals surface area contributed by atoms with Crippen LogP contribution >= 0.6 is 0 Å². The molecule has 1 N–H and O–H groups in total. The fourth-order valence-electron chi connectivity index (χ4n) is 1.90. The van der Waals surface area contributed by atoms with Gasteiger partial charge in [-0.1, -0.05) is 0 Å². The molecular formula is C11H14FNO. The first kappa shape index (κ1) is 9.46. The second kappa shape index (κ2) is 3.58. The molecule has 0 fully saturated rings. The van der Waals surface area contributed by atoms with Crippen molar-refractivity contribution in [2.75, 3.05) is 7.11 Å². The van der Waals surface area contributed by atoms with Crippen LogP contribution in [0.25, 0.3) is 0 Å². The van der Waals surface area contributed by atoms with Crippen molar-refractivity contribution >= 4 is 0 Å². The molecule has 2 rings (SSSR count). The van der Waals surface area contributed by atoms with Gasteiger partial charge in [0.2, 0.25) is 0 Å². The Kier molecular flexibility index (Phi) is 2.42. The van der Waals surface area contributed by atoms with Gasteiger partial charge in [-0.15, -0.1) is 0 Å². The molecule has 1 aliphatic heterocycles. The Bertz CT molecular complexity index is 351. The number of halogens is 1. The first-order valence-corrected chi connectivity index (χ1v) is 4.80. The van der Waals surface area contributed by atoms with Gasteiger partial charge in [-0.05, 0) is 25.5 Å². The van der Waals surface area contributed by atoms with Crippen molar-refractivity contribution in [2.45, 2.75) is 25.9 Å². The lowest BCUT2D eigenvalue weighted by Crippen LogP contribution is -2.33. The van der Waals surface area contributed by atoms with Crippen LogP contribution in [0.1, 0.15) is 18.1 Å². The monoisotopic (exact) mass is 195 g/mol. The van der Waals surface area contributed by atoms with Crippen molar-refractivity contribution in [3.05, 3.63) is 29.1 Å². The molecule has 0 aliphatic carbocycles. The molecule has 1 aliphatic rings. The molecule has 1 atom stereocenters. The number of ether oxygens (including phenoxy) is 1. The third kappa shape index (κ3) is 1.48. The van der Waals surface area contributed by atoms with E-state index < -0.39 is 0 Å². The zero-order chi connectivity index (χ0) is 10.1. The van der Waals surface area contributed by atoms with Crippen molar-refractivity contribution < 1.29 is 9.13 Å². The molecule has 1 unspecified atom stereocenters. The highest BCUT2D eigenvalue weighted by Gasteiger charge is 2.20. The van der Waals surface area contributed by atoms with Gasteiger partial charge in [-0.3, -0.25) is 0 Å². The Labute approximate surface area is 83.1 Å². The van der Waals surface area contributed by atoms with Crippen LogP contribution in [-0.2, 0) is 13.0 Å². The standard InChI is InChI=1S/C11H14FNO/c1-7-5-8-9(6-13-7)10(12)3-4-11(8)14-2/h3-4,7,13H,5-6H2,1-2H3. The van der Waals surface area contributed by atoms with Gasteiger partial charge in [-0.2, -0.15) is 0 Å². The maximum absolute atomic E-state index is 13.4. The van der Waals surface area contributed by atoms with Crippen LogP contribution in [0.3, 0.4) is 0 Å². The van der Waals surface area contributed by atoms with Gasteiger partial charge in [0.1, 0.15) is 11.6 Å². The van der Waals surface area contributed by atoms with Gasteiger partial charge < -0.3 is 10.1 Å². The molecule has 1 heterocycles. The quantitative estimate of drug-likeness (QED) is 0.738. The highest BCUT2D eigenvalue weighted by atomic mass is 19.1. The van der Waals surface area contributed by atoms with Crippen LogP contribution in [0.15, 0.2) is 12.1 Å². The zero-order valence-corrected chi connectivity index (χ0v) is 8.43. The molecule has 14 heavy (non-hydrogen) atoms. The summed E-state index contributed by atoms with van der Waals surface area (Å²) in [5.41, 5.74) is 1.77. The van der Waals surface area contributed by atoms with E-state index in [1.165, 1.54) is 6.07 Å². The fourth-order valence-corrected chi connectivity index (χ4v) is 1.90. The zero-order valence-electron chi connectivity index (χ0n) is 8.43. The van der Waals surface area contributed by atoms with Gasteiger partial charge in [0.25, 0.3) is 0 Å². The first-order valence-electron chi connectivity index (χ1n) is 4.80. The Balaban J connectivity index is 2.49. The van der Waals surface area contributed by atoms with Crippen LogP contribution in [0.5, 0.6) is 5.75 Å². The van der Waals surface area contributed by atoms with E-state index >= 15 is 0 Å². The van der Waals surface area contributed by atoms with E-state index in [-0.39, 0.29) is 5.82 Å².